The van der Waals surface area contributed by atoms with Crippen molar-refractivity contribution < 1.29 is 24.9 Å². The van der Waals surface area contributed by atoms with E-state index in [-0.39, 0.29) is 42.6 Å². The monoisotopic (exact) mass is 793 g/mol. The topological polar surface area (TPSA) is 42.9 Å². The third kappa shape index (κ3) is 6.91. The van der Waals surface area contributed by atoms with E-state index >= 15 is 0 Å². The van der Waals surface area contributed by atoms with E-state index in [2.05, 4.69) is 118 Å². The maximum atomic E-state index is 11.9. The zero-order valence-corrected chi connectivity index (χ0v) is 30.5. The minimum atomic E-state index is -0.00437. The average Bonchev–Trinajstić information content (AvgIpc) is 3.30. The number of Topliss-reactive ketones (excluding diaryl/α,β-unsaturated/α-hetero) is 1. The van der Waals surface area contributed by atoms with Crippen LogP contribution < -0.4 is 0 Å². The molecule has 4 heteroatoms. The number of carbonyl (C=O) groups is 1. The molecule has 6 aromatic rings. The molecular weight excluding hydrogens is 753 g/mol. The Morgan fingerprint density at radius 2 is 1.45 bits per heavy atom. The van der Waals surface area contributed by atoms with E-state index < -0.39 is 0 Å². The first-order valence-corrected chi connectivity index (χ1v) is 16.0. The zero-order chi connectivity index (χ0) is 32.6. The summed E-state index contributed by atoms with van der Waals surface area (Å²) in [5.41, 5.74) is 12.3. The quantitative estimate of drug-likeness (QED) is 0.132. The van der Waals surface area contributed by atoms with Gasteiger partial charge >= 0.3 is 0 Å². The Kier molecular flexibility index (Phi) is 9.78. The fourth-order valence-corrected chi connectivity index (χ4v) is 6.09. The standard InChI is InChI=1S/C24H18N.C19H22NO.Ir/c1-24(2)20-9-5-4-8-18(20)19-13-11-17(15-21(19)24)23-14-12-16-7-3-6-10-22(16)25-23;1-13(2)18(21)15-8-11-17(20-12-15)14-6-9-16(10-7-14)19(3,4)5;/h3-10,12-15H,1-2H3;6,8-13H,1-5H3;/q2*-1;. The molecule has 0 amide bonds. The van der Waals surface area contributed by atoms with Crippen molar-refractivity contribution in [3.05, 3.63) is 144 Å². The molecule has 0 atom stereocenters. The summed E-state index contributed by atoms with van der Waals surface area (Å²) in [6.45, 7) is 14.9. The van der Waals surface area contributed by atoms with E-state index in [0.29, 0.717) is 5.56 Å². The van der Waals surface area contributed by atoms with Gasteiger partial charge in [0, 0.05) is 37.8 Å². The summed E-state index contributed by atoms with van der Waals surface area (Å²) in [6, 6.07) is 42.2. The minimum absolute atomic E-state index is 0. The molecule has 0 N–H and O–H groups in total. The van der Waals surface area contributed by atoms with Crippen LogP contribution in [0, 0.1) is 18.1 Å². The molecule has 1 aliphatic rings. The first-order chi connectivity index (χ1) is 21.9. The van der Waals surface area contributed by atoms with Gasteiger partial charge in [0.1, 0.15) is 0 Å². The van der Waals surface area contributed by atoms with Crippen molar-refractivity contribution in [1.29, 1.82) is 0 Å². The maximum absolute atomic E-state index is 11.9. The number of hydrogen-bond donors (Lipinski definition) is 0. The van der Waals surface area contributed by atoms with Crippen LogP contribution in [0.3, 0.4) is 0 Å². The first-order valence-electron chi connectivity index (χ1n) is 16.0. The molecule has 1 radical (unpaired) electrons. The third-order valence-electron chi connectivity index (χ3n) is 8.92. The van der Waals surface area contributed by atoms with Crippen LogP contribution >= 0.6 is 0 Å². The van der Waals surface area contributed by atoms with Crippen LogP contribution in [-0.2, 0) is 30.9 Å². The molecule has 0 saturated carbocycles. The Hall–Kier alpha value is -4.24. The number of rotatable bonds is 4. The molecule has 7 rings (SSSR count). The second kappa shape index (κ2) is 13.5. The second-order valence-corrected chi connectivity index (χ2v) is 13.9. The van der Waals surface area contributed by atoms with Gasteiger partial charge < -0.3 is 4.98 Å². The molecule has 0 saturated heterocycles. The molecule has 47 heavy (non-hydrogen) atoms. The van der Waals surface area contributed by atoms with E-state index in [1.165, 1.54) is 33.2 Å². The largest absolute Gasteiger partial charge is 0.304 e. The zero-order valence-electron chi connectivity index (χ0n) is 28.1. The van der Waals surface area contributed by atoms with Gasteiger partial charge in [0.15, 0.2) is 5.78 Å². The summed E-state index contributed by atoms with van der Waals surface area (Å²) in [5.74, 6) is 0.122. The normalized spacial score (nSPS) is 12.9. The smallest absolute Gasteiger partial charge is 0.166 e. The Morgan fingerprint density at radius 1 is 0.745 bits per heavy atom. The number of benzene rings is 4. The first kappa shape index (κ1) is 34.1. The van der Waals surface area contributed by atoms with Gasteiger partial charge in [-0.25, -0.2) is 0 Å². The summed E-state index contributed by atoms with van der Waals surface area (Å²) in [7, 11) is 0. The molecule has 0 aliphatic heterocycles. The second-order valence-electron chi connectivity index (χ2n) is 13.9. The summed E-state index contributed by atoms with van der Waals surface area (Å²) in [4.78, 5) is 21.1. The number of hydrogen-bond acceptors (Lipinski definition) is 3. The van der Waals surface area contributed by atoms with Crippen molar-refractivity contribution in [1.82, 2.24) is 9.97 Å². The minimum Gasteiger partial charge on any atom is -0.304 e. The molecule has 0 unspecified atom stereocenters. The van der Waals surface area contributed by atoms with Gasteiger partial charge in [-0.1, -0.05) is 126 Å². The van der Waals surface area contributed by atoms with Crippen LogP contribution in [-0.4, -0.2) is 15.8 Å². The summed E-state index contributed by atoms with van der Waals surface area (Å²) in [5, 5.41) is 1.17. The molecule has 0 fully saturated rings. The molecule has 1 aliphatic carbocycles. The Morgan fingerprint density at radius 3 is 2.13 bits per heavy atom. The number of para-hydroxylation sites is 1. The number of aromatic nitrogens is 2. The number of fused-ring (bicyclic) bond motifs is 4. The van der Waals surface area contributed by atoms with E-state index in [4.69, 9.17) is 4.98 Å². The molecule has 3 nitrogen and oxygen atoms in total. The third-order valence-corrected chi connectivity index (χ3v) is 8.92. The van der Waals surface area contributed by atoms with Crippen molar-refractivity contribution in [3.8, 4) is 33.6 Å². The van der Waals surface area contributed by atoms with Crippen molar-refractivity contribution >= 4 is 16.7 Å². The predicted molar refractivity (Wildman–Crippen MR) is 190 cm³/mol. The van der Waals surface area contributed by atoms with Gasteiger partial charge in [-0.15, -0.1) is 64.7 Å². The molecule has 4 aromatic carbocycles. The van der Waals surface area contributed by atoms with Crippen molar-refractivity contribution in [2.45, 2.75) is 59.3 Å². The van der Waals surface area contributed by atoms with Crippen molar-refractivity contribution in [2.24, 2.45) is 5.92 Å². The fraction of sp³-hybridized carbons (Fsp3) is 0.233. The maximum Gasteiger partial charge on any atom is 0.166 e. The Bertz CT molecular complexity index is 2030. The van der Waals surface area contributed by atoms with Crippen molar-refractivity contribution in [2.75, 3.05) is 0 Å². The molecule has 0 bridgehead atoms. The summed E-state index contributed by atoms with van der Waals surface area (Å²) < 4.78 is 0. The van der Waals surface area contributed by atoms with E-state index in [1.807, 2.05) is 50.2 Å². The van der Waals surface area contributed by atoms with Crippen LogP contribution in [0.15, 0.2) is 109 Å². The van der Waals surface area contributed by atoms with Crippen LogP contribution in [0.1, 0.15) is 75.5 Å². The van der Waals surface area contributed by atoms with Crippen LogP contribution in [0.25, 0.3) is 44.5 Å². The number of nitrogens with zero attached hydrogens (tertiary/aromatic N) is 2. The molecular formula is C43H40IrN2O-2. The van der Waals surface area contributed by atoms with Gasteiger partial charge in [0.25, 0.3) is 0 Å². The number of ketones is 1. The Labute approximate surface area is 292 Å². The van der Waals surface area contributed by atoms with Gasteiger partial charge in [-0.3, -0.25) is 9.78 Å². The summed E-state index contributed by atoms with van der Waals surface area (Å²) >= 11 is 0. The van der Waals surface area contributed by atoms with E-state index in [1.54, 1.807) is 6.20 Å². The van der Waals surface area contributed by atoms with E-state index in [9.17, 15) is 4.79 Å². The van der Waals surface area contributed by atoms with Gasteiger partial charge in [0.05, 0.1) is 5.52 Å². The predicted octanol–water partition coefficient (Wildman–Crippen LogP) is 10.7. The average molecular weight is 793 g/mol. The number of carbonyl (C=O) groups excluding carboxylic acids is 1. The Balaban J connectivity index is 0.000000184. The number of pyridine rings is 2. The molecule has 0 spiro atoms. The fourth-order valence-electron chi connectivity index (χ4n) is 6.09. The van der Waals surface area contributed by atoms with Crippen LogP contribution in [0.2, 0.25) is 0 Å². The molecule has 2 aromatic heterocycles. The van der Waals surface area contributed by atoms with Crippen molar-refractivity contribution in [3.63, 3.8) is 0 Å². The summed E-state index contributed by atoms with van der Waals surface area (Å²) in [6.07, 6.45) is 1.66. The molecule has 239 valence electrons. The van der Waals surface area contributed by atoms with Gasteiger partial charge in [-0.2, -0.15) is 0 Å². The van der Waals surface area contributed by atoms with Gasteiger partial charge in [0.2, 0.25) is 0 Å². The van der Waals surface area contributed by atoms with Crippen LogP contribution in [0.4, 0.5) is 0 Å². The van der Waals surface area contributed by atoms with Gasteiger partial charge in [-0.05, 0) is 39.2 Å². The van der Waals surface area contributed by atoms with E-state index in [0.717, 1.165) is 28.0 Å². The molecule has 2 heterocycles. The SMILES string of the molecule is CC(C)C(=O)c1ccc(-c2[c-]cc(C(C)(C)C)cc2)nc1.CC1(C)c2ccccc2-c2c[c-]c(-c3ccc4ccccc4n3)cc21.[Ir]. The van der Waals surface area contributed by atoms with Crippen LogP contribution in [0.5, 0.6) is 0 Å².